The van der Waals surface area contributed by atoms with Crippen LogP contribution in [0.2, 0.25) is 0 Å². The monoisotopic (exact) mass is 564 g/mol. The summed E-state index contributed by atoms with van der Waals surface area (Å²) in [6.07, 6.45) is 0.899. The van der Waals surface area contributed by atoms with Gasteiger partial charge in [0.15, 0.2) is 11.6 Å². The fourth-order valence-electron chi connectivity index (χ4n) is 4.71. The third-order valence-electron chi connectivity index (χ3n) is 6.89. The highest BCUT2D eigenvalue weighted by atomic mass is 19.2. The second kappa shape index (κ2) is 12.0. The number of ether oxygens (including phenoxy) is 1. The van der Waals surface area contributed by atoms with E-state index in [1.165, 1.54) is 16.7 Å². The van der Waals surface area contributed by atoms with Gasteiger partial charge in [0.05, 0.1) is 24.0 Å². The highest BCUT2D eigenvalue weighted by Gasteiger charge is 2.37. The first-order valence-corrected chi connectivity index (χ1v) is 13.0. The number of anilines is 1. The zero-order valence-corrected chi connectivity index (χ0v) is 22.8. The lowest BCUT2D eigenvalue weighted by Gasteiger charge is -2.20. The molecule has 12 heteroatoms. The molecular weight excluding hydrogens is 534 g/mol. The number of para-hydroxylation sites is 1. The Hall–Kier alpha value is -4.39. The Kier molecular flexibility index (Phi) is 8.24. The lowest BCUT2D eigenvalue weighted by molar-refractivity contribution is -0.154. The number of urea groups is 1. The number of nitrogens with one attached hydrogen (secondary N) is 2. The van der Waals surface area contributed by atoms with Gasteiger partial charge in [0, 0.05) is 50.6 Å². The van der Waals surface area contributed by atoms with E-state index in [0.717, 1.165) is 12.1 Å². The van der Waals surface area contributed by atoms with Crippen LogP contribution in [0.5, 0.6) is 0 Å². The van der Waals surface area contributed by atoms with Gasteiger partial charge in [-0.2, -0.15) is 10.2 Å². The normalized spacial score (nSPS) is 17.1. The number of aromatic nitrogens is 3. The van der Waals surface area contributed by atoms with Gasteiger partial charge in [-0.3, -0.25) is 14.9 Å². The number of nitrogens with zero attached hydrogens (tertiary/aromatic N) is 4. The topological polar surface area (TPSA) is 103 Å². The largest absolute Gasteiger partial charge is 0.383 e. The number of carbonyl (C=O) groups excluding carboxylic acids is 1. The van der Waals surface area contributed by atoms with E-state index in [4.69, 9.17) is 14.7 Å². The molecule has 10 nitrogen and oxygen atoms in total. The first-order chi connectivity index (χ1) is 19.7. The predicted molar refractivity (Wildman–Crippen MR) is 149 cm³/mol. The average Bonchev–Trinajstić information content (AvgIpc) is 3.51. The summed E-state index contributed by atoms with van der Waals surface area (Å²) in [4.78, 5) is 31.7. The van der Waals surface area contributed by atoms with Gasteiger partial charge in [-0.05, 0) is 42.8 Å². The Morgan fingerprint density at radius 2 is 1.90 bits per heavy atom. The summed E-state index contributed by atoms with van der Waals surface area (Å²) in [6.45, 7) is 2.89. The number of aryl methyl sites for hydroxylation is 1. The molecule has 0 bridgehead atoms. The highest BCUT2D eigenvalue weighted by molar-refractivity contribution is 5.91. The molecule has 0 spiro atoms. The third-order valence-corrected chi connectivity index (χ3v) is 6.89. The number of methoxy groups -OCH3 is 1. The maximum atomic E-state index is 14.1. The molecule has 2 atom stereocenters. The second-order valence-corrected chi connectivity index (χ2v) is 9.72. The molecule has 5 rings (SSSR count). The molecule has 4 aromatic rings. The van der Waals surface area contributed by atoms with Crippen LogP contribution in [0.4, 0.5) is 19.4 Å². The van der Waals surface area contributed by atoms with Gasteiger partial charge in [-0.25, -0.2) is 18.3 Å². The molecule has 1 saturated heterocycles. The average molecular weight is 565 g/mol. The van der Waals surface area contributed by atoms with Crippen molar-refractivity contribution in [3.05, 3.63) is 100.0 Å². The number of hydrogen-bond donors (Lipinski definition) is 2. The predicted octanol–water partition coefficient (Wildman–Crippen LogP) is 3.95. The number of hydrogen-bond acceptors (Lipinski definition) is 6. The van der Waals surface area contributed by atoms with E-state index in [9.17, 15) is 18.4 Å². The molecule has 1 fully saturated rings. The minimum Gasteiger partial charge on any atom is -0.383 e. The van der Waals surface area contributed by atoms with Crippen LogP contribution >= 0.6 is 0 Å². The Bertz CT molecular complexity index is 1610. The van der Waals surface area contributed by atoms with Crippen molar-refractivity contribution in [2.24, 2.45) is 7.05 Å². The molecule has 214 valence electrons. The van der Waals surface area contributed by atoms with Crippen molar-refractivity contribution < 1.29 is 23.1 Å². The summed E-state index contributed by atoms with van der Waals surface area (Å²) >= 11 is 0. The Balaban J connectivity index is 1.44. The molecule has 2 aromatic carbocycles. The van der Waals surface area contributed by atoms with Crippen molar-refractivity contribution in [3.8, 4) is 16.9 Å². The van der Waals surface area contributed by atoms with Gasteiger partial charge in [-0.15, -0.1) is 0 Å². The molecule has 2 aromatic heterocycles. The highest BCUT2D eigenvalue weighted by Crippen LogP contribution is 2.32. The lowest BCUT2D eigenvalue weighted by Crippen LogP contribution is -2.42. The van der Waals surface area contributed by atoms with Crippen LogP contribution < -0.4 is 16.2 Å². The summed E-state index contributed by atoms with van der Waals surface area (Å²) in [5.41, 5.74) is 2.70. The minimum atomic E-state index is -1.00. The zero-order valence-electron chi connectivity index (χ0n) is 22.8. The first kappa shape index (κ1) is 28.1. The van der Waals surface area contributed by atoms with E-state index in [-0.39, 0.29) is 12.1 Å². The SMILES string of the molecule is COCCN1C[C@@H](NC(=O)Nc2c(C)c(-c3ccn(C)c(=O)c3)nn2-c2ccccc2)[C@H](c2ccc(F)c(F)c2)O1. The van der Waals surface area contributed by atoms with Crippen LogP contribution in [-0.2, 0) is 16.6 Å². The molecule has 0 saturated carbocycles. The van der Waals surface area contributed by atoms with E-state index in [2.05, 4.69) is 10.6 Å². The zero-order chi connectivity index (χ0) is 29.1. The summed E-state index contributed by atoms with van der Waals surface area (Å²) in [5, 5.41) is 12.2. The maximum Gasteiger partial charge on any atom is 0.320 e. The Morgan fingerprint density at radius 3 is 2.61 bits per heavy atom. The van der Waals surface area contributed by atoms with Crippen LogP contribution in [0.1, 0.15) is 17.2 Å². The van der Waals surface area contributed by atoms with Gasteiger partial charge in [0.2, 0.25) is 0 Å². The van der Waals surface area contributed by atoms with Crippen LogP contribution in [-0.4, -0.2) is 58.3 Å². The molecule has 0 unspecified atom stereocenters. The van der Waals surface area contributed by atoms with E-state index in [0.29, 0.717) is 47.0 Å². The van der Waals surface area contributed by atoms with Gasteiger partial charge < -0.3 is 14.6 Å². The Morgan fingerprint density at radius 1 is 1.12 bits per heavy atom. The fraction of sp³-hybridized carbons (Fsp3) is 0.276. The molecule has 1 aliphatic rings. The summed E-state index contributed by atoms with van der Waals surface area (Å²) < 4.78 is 35.9. The maximum absolute atomic E-state index is 14.1. The first-order valence-electron chi connectivity index (χ1n) is 13.0. The van der Waals surface area contributed by atoms with Gasteiger partial charge in [-0.1, -0.05) is 24.3 Å². The Labute approximate surface area is 235 Å². The molecule has 0 aliphatic carbocycles. The van der Waals surface area contributed by atoms with E-state index < -0.39 is 29.8 Å². The van der Waals surface area contributed by atoms with Crippen molar-refractivity contribution in [1.82, 2.24) is 24.7 Å². The van der Waals surface area contributed by atoms with E-state index >= 15 is 0 Å². The van der Waals surface area contributed by atoms with Crippen LogP contribution in [0, 0.1) is 18.6 Å². The van der Waals surface area contributed by atoms with Gasteiger partial charge in [0.25, 0.3) is 5.56 Å². The molecule has 41 heavy (non-hydrogen) atoms. The summed E-state index contributed by atoms with van der Waals surface area (Å²) in [5.74, 6) is -1.57. The van der Waals surface area contributed by atoms with Crippen molar-refractivity contribution >= 4 is 11.8 Å². The molecular formula is C29H30F2N6O4. The number of hydroxylamine groups is 2. The number of rotatable bonds is 8. The standard InChI is InChI=1S/C29H30F2N6O4/c1-18-26(19-11-12-35(2)25(38)16-19)34-37(21-7-5-4-6-8-21)28(18)33-29(39)32-24-17-36(13-14-40-3)41-27(24)20-9-10-22(30)23(31)15-20/h4-12,15-16,24,27H,13-14,17H2,1-3H3,(H2,32,33,39)/t24-,27+/m1/s1. The number of carbonyl (C=O) groups is 1. The lowest BCUT2D eigenvalue weighted by atomic mass is 10.0. The minimum absolute atomic E-state index is 0.189. The smallest absolute Gasteiger partial charge is 0.320 e. The number of halogens is 2. The van der Waals surface area contributed by atoms with Gasteiger partial charge in [0.1, 0.15) is 11.9 Å². The molecule has 0 radical (unpaired) electrons. The summed E-state index contributed by atoms with van der Waals surface area (Å²) in [7, 11) is 3.22. The van der Waals surface area contributed by atoms with Crippen molar-refractivity contribution in [1.29, 1.82) is 0 Å². The molecule has 3 heterocycles. The van der Waals surface area contributed by atoms with E-state index in [1.807, 2.05) is 37.3 Å². The number of pyridine rings is 1. The van der Waals surface area contributed by atoms with Crippen LogP contribution in [0.15, 0.2) is 71.7 Å². The van der Waals surface area contributed by atoms with Crippen molar-refractivity contribution in [3.63, 3.8) is 0 Å². The van der Waals surface area contributed by atoms with Crippen molar-refractivity contribution in [2.45, 2.75) is 19.1 Å². The third kappa shape index (κ3) is 6.04. The quantitative estimate of drug-likeness (QED) is 0.336. The number of amides is 2. The number of benzene rings is 2. The molecule has 1 aliphatic heterocycles. The van der Waals surface area contributed by atoms with Crippen molar-refractivity contribution in [2.75, 3.05) is 32.1 Å². The fourth-order valence-corrected chi connectivity index (χ4v) is 4.71. The van der Waals surface area contributed by atoms with Gasteiger partial charge >= 0.3 is 6.03 Å². The second-order valence-electron chi connectivity index (χ2n) is 9.72. The van der Waals surface area contributed by atoms with Crippen LogP contribution in [0.3, 0.4) is 0 Å². The summed E-state index contributed by atoms with van der Waals surface area (Å²) in [6, 6.07) is 14.9. The molecule has 2 amide bonds. The molecule has 2 N–H and O–H groups in total. The van der Waals surface area contributed by atoms with E-state index in [1.54, 1.807) is 36.2 Å². The van der Waals surface area contributed by atoms with Crippen LogP contribution in [0.25, 0.3) is 16.9 Å².